The number of hydrogen-bond acceptors (Lipinski definition) is 4. The van der Waals surface area contributed by atoms with E-state index in [1.807, 2.05) is 0 Å². The highest BCUT2D eigenvalue weighted by Crippen LogP contribution is 2.32. The summed E-state index contributed by atoms with van der Waals surface area (Å²) >= 11 is 5.65. The Hall–Kier alpha value is -1.43. The highest BCUT2D eigenvalue weighted by molar-refractivity contribution is 6.17. The summed E-state index contributed by atoms with van der Waals surface area (Å²) in [6.45, 7) is 0. The molecule has 1 aromatic rings. The van der Waals surface area contributed by atoms with Crippen LogP contribution in [0.25, 0.3) is 0 Å². The molecule has 0 N–H and O–H groups in total. The molecular formula is C11H12ClF2NO3. The van der Waals surface area contributed by atoms with Gasteiger partial charge in [0.15, 0.2) is 0 Å². The number of halogens is 3. The van der Waals surface area contributed by atoms with Gasteiger partial charge in [-0.3, -0.25) is 9.78 Å². The normalized spacial score (nSPS) is 10.6. The number of aromatic nitrogens is 1. The number of carbonyl (C=O) groups excluding carboxylic acids is 1. The van der Waals surface area contributed by atoms with E-state index in [2.05, 4.69) is 9.72 Å². The van der Waals surface area contributed by atoms with E-state index in [4.69, 9.17) is 16.3 Å². The number of esters is 1. The van der Waals surface area contributed by atoms with Crippen molar-refractivity contribution in [2.75, 3.05) is 14.2 Å². The number of rotatable bonds is 5. The van der Waals surface area contributed by atoms with Crippen molar-refractivity contribution in [2.24, 2.45) is 0 Å². The lowest BCUT2D eigenvalue weighted by Gasteiger charge is -2.14. The summed E-state index contributed by atoms with van der Waals surface area (Å²) in [5, 5.41) is 0. The van der Waals surface area contributed by atoms with Gasteiger partial charge < -0.3 is 9.47 Å². The first-order valence-electron chi connectivity index (χ1n) is 5.00. The zero-order valence-electron chi connectivity index (χ0n) is 9.87. The van der Waals surface area contributed by atoms with Crippen LogP contribution in [0.1, 0.15) is 23.2 Å². The van der Waals surface area contributed by atoms with E-state index >= 15 is 0 Å². The first kappa shape index (κ1) is 14.6. The van der Waals surface area contributed by atoms with Crippen molar-refractivity contribution >= 4 is 17.6 Å². The number of carbonyl (C=O) groups is 1. The minimum Gasteiger partial charge on any atom is -0.494 e. The van der Waals surface area contributed by atoms with E-state index in [1.54, 1.807) is 0 Å². The minimum absolute atomic E-state index is 0.105. The molecule has 1 rings (SSSR count). The van der Waals surface area contributed by atoms with Crippen LogP contribution in [0.4, 0.5) is 8.78 Å². The molecule has 0 atom stereocenters. The van der Waals surface area contributed by atoms with Crippen LogP contribution in [0, 0.1) is 0 Å². The highest BCUT2D eigenvalue weighted by Gasteiger charge is 2.21. The first-order chi connectivity index (χ1) is 8.54. The van der Waals surface area contributed by atoms with Crippen molar-refractivity contribution in [2.45, 2.75) is 18.7 Å². The van der Waals surface area contributed by atoms with Crippen molar-refractivity contribution < 1.29 is 23.0 Å². The molecule has 18 heavy (non-hydrogen) atoms. The van der Waals surface area contributed by atoms with Crippen LogP contribution >= 0.6 is 11.6 Å². The Morgan fingerprint density at radius 3 is 2.61 bits per heavy atom. The summed E-state index contributed by atoms with van der Waals surface area (Å²) in [5.41, 5.74) is 0.0722. The second kappa shape index (κ2) is 6.49. The molecule has 1 heterocycles. The van der Waals surface area contributed by atoms with Crippen LogP contribution in [0.3, 0.4) is 0 Å². The van der Waals surface area contributed by atoms with Crippen LogP contribution in [0.2, 0.25) is 0 Å². The van der Waals surface area contributed by atoms with Gasteiger partial charge in [-0.1, -0.05) is 0 Å². The Labute approximate surface area is 108 Å². The van der Waals surface area contributed by atoms with Crippen LogP contribution in [-0.4, -0.2) is 25.2 Å². The maximum Gasteiger partial charge on any atom is 0.311 e. The second-order valence-corrected chi connectivity index (χ2v) is 3.63. The lowest BCUT2D eigenvalue weighted by molar-refractivity contribution is -0.139. The number of pyridine rings is 1. The van der Waals surface area contributed by atoms with Gasteiger partial charge in [0.1, 0.15) is 5.75 Å². The van der Waals surface area contributed by atoms with Crippen molar-refractivity contribution in [1.82, 2.24) is 4.98 Å². The van der Waals surface area contributed by atoms with Gasteiger partial charge in [-0.05, 0) is 0 Å². The van der Waals surface area contributed by atoms with Gasteiger partial charge in [-0.15, -0.1) is 11.6 Å². The molecule has 7 heteroatoms. The smallest absolute Gasteiger partial charge is 0.311 e. The highest BCUT2D eigenvalue weighted by atomic mass is 35.5. The average Bonchev–Trinajstić information content (AvgIpc) is 2.37. The summed E-state index contributed by atoms with van der Waals surface area (Å²) < 4.78 is 35.0. The third-order valence-electron chi connectivity index (χ3n) is 2.36. The Balaban J connectivity index is 3.25. The number of hydrogen-bond donors (Lipinski definition) is 0. The van der Waals surface area contributed by atoms with Crippen LogP contribution in [0.15, 0.2) is 6.20 Å². The lowest BCUT2D eigenvalue weighted by Crippen LogP contribution is -2.10. The molecule has 0 aliphatic rings. The average molecular weight is 280 g/mol. The molecule has 0 radical (unpaired) electrons. The fourth-order valence-electron chi connectivity index (χ4n) is 1.49. The molecule has 0 fully saturated rings. The number of ether oxygens (including phenoxy) is 2. The van der Waals surface area contributed by atoms with E-state index in [0.29, 0.717) is 0 Å². The zero-order valence-corrected chi connectivity index (χ0v) is 10.6. The van der Waals surface area contributed by atoms with Crippen LogP contribution < -0.4 is 4.74 Å². The summed E-state index contributed by atoms with van der Waals surface area (Å²) in [7, 11) is 2.54. The zero-order chi connectivity index (χ0) is 13.7. The molecule has 0 aliphatic carbocycles. The Morgan fingerprint density at radius 1 is 1.50 bits per heavy atom. The number of alkyl halides is 3. The molecular weight excluding hydrogens is 268 g/mol. The predicted octanol–water partition coefficient (Wildman–Crippen LogP) is 2.48. The molecule has 0 saturated heterocycles. The van der Waals surface area contributed by atoms with E-state index < -0.39 is 12.4 Å². The Kier molecular flexibility index (Phi) is 5.27. The summed E-state index contributed by atoms with van der Waals surface area (Å²) in [6, 6.07) is 0. The molecule has 100 valence electrons. The predicted molar refractivity (Wildman–Crippen MR) is 61.0 cm³/mol. The van der Waals surface area contributed by atoms with Gasteiger partial charge >= 0.3 is 5.97 Å². The van der Waals surface area contributed by atoms with E-state index in [1.165, 1.54) is 14.2 Å². The minimum atomic E-state index is -2.70. The fraction of sp³-hybridized carbons (Fsp3) is 0.455. The lowest BCUT2D eigenvalue weighted by atomic mass is 10.1. The van der Waals surface area contributed by atoms with E-state index in [9.17, 15) is 13.6 Å². The summed E-state index contributed by atoms with van der Waals surface area (Å²) in [6.07, 6.45) is -1.86. The van der Waals surface area contributed by atoms with Gasteiger partial charge in [-0.2, -0.15) is 0 Å². The second-order valence-electron chi connectivity index (χ2n) is 3.36. The van der Waals surface area contributed by atoms with E-state index in [-0.39, 0.29) is 34.9 Å². The topological polar surface area (TPSA) is 48.4 Å². The molecule has 0 amide bonds. The molecule has 0 unspecified atom stereocenters. The third-order valence-corrected chi connectivity index (χ3v) is 2.62. The Bertz CT molecular complexity index is 441. The monoisotopic (exact) mass is 279 g/mol. The molecule has 0 saturated carbocycles. The summed E-state index contributed by atoms with van der Waals surface area (Å²) in [5.74, 6) is -0.584. The van der Waals surface area contributed by atoms with Crippen LogP contribution in [-0.2, 0) is 21.8 Å². The van der Waals surface area contributed by atoms with Crippen LogP contribution in [0.5, 0.6) is 5.75 Å². The van der Waals surface area contributed by atoms with Gasteiger partial charge in [0, 0.05) is 17.3 Å². The van der Waals surface area contributed by atoms with E-state index in [0.717, 1.165) is 6.20 Å². The largest absolute Gasteiger partial charge is 0.494 e. The van der Waals surface area contributed by atoms with Crippen molar-refractivity contribution in [3.05, 3.63) is 23.0 Å². The molecule has 1 aromatic heterocycles. The maximum absolute atomic E-state index is 12.7. The molecule has 0 aliphatic heterocycles. The van der Waals surface area contributed by atoms with Crippen molar-refractivity contribution in [3.63, 3.8) is 0 Å². The Morgan fingerprint density at radius 2 is 2.17 bits per heavy atom. The maximum atomic E-state index is 12.7. The third kappa shape index (κ3) is 3.07. The van der Waals surface area contributed by atoms with Gasteiger partial charge in [0.2, 0.25) is 0 Å². The van der Waals surface area contributed by atoms with Gasteiger partial charge in [0.25, 0.3) is 6.43 Å². The standard InChI is InChI=1S/C11H12ClF2NO3/c1-17-9(16)3-8-10(18-2)6(4-12)7(5-15-8)11(13)14/h5,11H,3-4H2,1-2H3. The molecule has 0 aromatic carbocycles. The quantitative estimate of drug-likeness (QED) is 0.614. The first-order valence-corrected chi connectivity index (χ1v) is 5.54. The molecule has 0 spiro atoms. The van der Waals surface area contributed by atoms with Gasteiger partial charge in [0.05, 0.1) is 32.2 Å². The molecule has 4 nitrogen and oxygen atoms in total. The number of nitrogens with zero attached hydrogens (tertiary/aromatic N) is 1. The molecule has 0 bridgehead atoms. The summed E-state index contributed by atoms with van der Waals surface area (Å²) in [4.78, 5) is 15.0. The van der Waals surface area contributed by atoms with Crippen molar-refractivity contribution in [3.8, 4) is 5.75 Å². The van der Waals surface area contributed by atoms with Gasteiger partial charge in [-0.25, -0.2) is 8.78 Å². The SMILES string of the molecule is COC(=O)Cc1ncc(C(F)F)c(CCl)c1OC. The number of methoxy groups -OCH3 is 2. The fourth-order valence-corrected chi connectivity index (χ4v) is 1.77. The van der Waals surface area contributed by atoms with Crippen molar-refractivity contribution in [1.29, 1.82) is 0 Å².